The molecule has 6 heteroatoms. The lowest BCUT2D eigenvalue weighted by molar-refractivity contribution is 0.414. The monoisotopic (exact) mass is 287 g/mol. The van der Waals surface area contributed by atoms with E-state index in [4.69, 9.17) is 4.74 Å². The Kier molecular flexibility index (Phi) is 3.47. The van der Waals surface area contributed by atoms with Crippen molar-refractivity contribution in [3.63, 3.8) is 0 Å². The van der Waals surface area contributed by atoms with Crippen LogP contribution in [0, 0.1) is 0 Å². The molecule has 102 valence electrons. The molecule has 0 fully saturated rings. The molecule has 0 aliphatic carbocycles. The zero-order valence-corrected chi connectivity index (χ0v) is 11.7. The predicted octanol–water partition coefficient (Wildman–Crippen LogP) is 2.27. The number of aromatic nitrogens is 3. The van der Waals surface area contributed by atoms with Crippen molar-refractivity contribution in [1.82, 2.24) is 15.0 Å². The number of imidazole rings is 1. The average molecular weight is 287 g/mol. The number of fused-ring (bicyclic) bond motifs is 1. The van der Waals surface area contributed by atoms with Gasteiger partial charge < -0.3 is 9.72 Å². The number of hydrogen-bond acceptors (Lipinski definition) is 4. The molecule has 0 spiro atoms. The molecular formula is C14H13N3O2S. The van der Waals surface area contributed by atoms with Gasteiger partial charge in [0, 0.05) is 6.20 Å². The van der Waals surface area contributed by atoms with Crippen LogP contribution in [0.2, 0.25) is 0 Å². The van der Waals surface area contributed by atoms with Gasteiger partial charge in [-0.05, 0) is 29.8 Å². The van der Waals surface area contributed by atoms with Crippen molar-refractivity contribution in [2.45, 2.75) is 10.9 Å². The summed E-state index contributed by atoms with van der Waals surface area (Å²) in [7, 11) is 0.373. The summed E-state index contributed by atoms with van der Waals surface area (Å²) in [5.74, 6) is 1.14. The first-order valence-electron chi connectivity index (χ1n) is 6.08. The van der Waals surface area contributed by atoms with Crippen LogP contribution in [-0.4, -0.2) is 26.3 Å². The van der Waals surface area contributed by atoms with Gasteiger partial charge >= 0.3 is 0 Å². The van der Waals surface area contributed by atoms with E-state index in [1.165, 1.54) is 0 Å². The molecular weight excluding hydrogens is 274 g/mol. The smallest absolute Gasteiger partial charge is 0.199 e. The van der Waals surface area contributed by atoms with E-state index in [9.17, 15) is 4.21 Å². The second kappa shape index (κ2) is 5.42. The van der Waals surface area contributed by atoms with Gasteiger partial charge in [0.2, 0.25) is 0 Å². The summed E-state index contributed by atoms with van der Waals surface area (Å²) in [6, 6.07) is 11.2. The molecule has 0 bridgehead atoms. The van der Waals surface area contributed by atoms with E-state index in [1.807, 2.05) is 36.4 Å². The first-order chi connectivity index (χ1) is 9.76. The molecule has 2 aromatic heterocycles. The molecule has 20 heavy (non-hydrogen) atoms. The molecule has 2 heterocycles. The molecule has 0 amide bonds. The minimum Gasteiger partial charge on any atom is -0.497 e. The Morgan fingerprint density at radius 1 is 1.30 bits per heavy atom. The molecule has 0 radical (unpaired) electrons. The molecule has 3 aromatic rings. The number of hydrogen-bond donors (Lipinski definition) is 1. The third-order valence-electron chi connectivity index (χ3n) is 2.88. The Balaban J connectivity index is 1.85. The Morgan fingerprint density at radius 2 is 2.20 bits per heavy atom. The number of pyridine rings is 1. The number of aromatic amines is 1. The highest BCUT2D eigenvalue weighted by atomic mass is 32.2. The fourth-order valence-electron chi connectivity index (χ4n) is 1.91. The van der Waals surface area contributed by atoms with Crippen molar-refractivity contribution in [3.8, 4) is 5.75 Å². The van der Waals surface area contributed by atoms with Crippen LogP contribution in [0.1, 0.15) is 5.56 Å². The van der Waals surface area contributed by atoms with Crippen LogP contribution >= 0.6 is 0 Å². The van der Waals surface area contributed by atoms with Gasteiger partial charge in [-0.15, -0.1) is 0 Å². The van der Waals surface area contributed by atoms with Gasteiger partial charge in [0.25, 0.3) is 0 Å². The van der Waals surface area contributed by atoms with Gasteiger partial charge in [-0.25, -0.2) is 9.97 Å². The average Bonchev–Trinajstić information content (AvgIpc) is 2.91. The van der Waals surface area contributed by atoms with Gasteiger partial charge in [0.1, 0.15) is 5.75 Å². The summed E-state index contributed by atoms with van der Waals surface area (Å²) in [5.41, 5.74) is 2.32. The summed E-state index contributed by atoms with van der Waals surface area (Å²) in [6.45, 7) is 0. The van der Waals surface area contributed by atoms with Crippen molar-refractivity contribution in [2.75, 3.05) is 7.11 Å². The lowest BCUT2D eigenvalue weighted by Crippen LogP contribution is -1.99. The summed E-state index contributed by atoms with van der Waals surface area (Å²) >= 11 is 0. The maximum atomic E-state index is 12.3. The lowest BCUT2D eigenvalue weighted by Gasteiger charge is -2.03. The van der Waals surface area contributed by atoms with E-state index in [1.54, 1.807) is 13.3 Å². The Bertz CT molecular complexity index is 737. The lowest BCUT2D eigenvalue weighted by atomic mass is 10.2. The van der Waals surface area contributed by atoms with Crippen LogP contribution in [0.5, 0.6) is 5.75 Å². The van der Waals surface area contributed by atoms with Crippen LogP contribution in [-0.2, 0) is 16.6 Å². The number of nitrogens with zero attached hydrogens (tertiary/aromatic N) is 2. The zero-order valence-electron chi connectivity index (χ0n) is 10.9. The first-order valence-corrected chi connectivity index (χ1v) is 7.40. The fraction of sp³-hybridized carbons (Fsp3) is 0.143. The van der Waals surface area contributed by atoms with Gasteiger partial charge in [-0.2, -0.15) is 0 Å². The van der Waals surface area contributed by atoms with Gasteiger partial charge in [0.15, 0.2) is 10.8 Å². The molecule has 3 rings (SSSR count). The number of nitrogens with one attached hydrogen (secondary N) is 1. The molecule has 0 aliphatic heterocycles. The van der Waals surface area contributed by atoms with E-state index < -0.39 is 10.8 Å². The molecule has 0 saturated heterocycles. The standard InChI is InChI=1S/C14H13N3O2S/c1-19-11-5-2-4-10(8-11)9-20(18)14-16-12-6-3-7-15-13(12)17-14/h2-8H,9H2,1H3,(H,15,16,17). The Labute approximate surface area is 118 Å². The number of benzene rings is 1. The van der Waals surface area contributed by atoms with Crippen LogP contribution < -0.4 is 4.74 Å². The largest absolute Gasteiger partial charge is 0.497 e. The number of H-pyrrole nitrogens is 1. The minimum absolute atomic E-state index is 0.386. The predicted molar refractivity (Wildman–Crippen MR) is 77.0 cm³/mol. The SMILES string of the molecule is COc1cccc(CS(=O)c2nc3ncccc3[nH]2)c1. The molecule has 0 aliphatic rings. The first kappa shape index (κ1) is 12.8. The molecule has 1 N–H and O–H groups in total. The van der Waals surface area contributed by atoms with Crippen LogP contribution in [0.25, 0.3) is 11.2 Å². The van der Waals surface area contributed by atoms with Gasteiger partial charge in [-0.1, -0.05) is 12.1 Å². The Hall–Kier alpha value is -2.21. The maximum Gasteiger partial charge on any atom is 0.199 e. The second-order valence-electron chi connectivity index (χ2n) is 4.26. The van der Waals surface area contributed by atoms with Gasteiger partial charge in [0.05, 0.1) is 29.2 Å². The fourth-order valence-corrected chi connectivity index (χ4v) is 2.94. The summed E-state index contributed by atoms with van der Waals surface area (Å²) in [6.07, 6.45) is 1.66. The van der Waals surface area contributed by atoms with Gasteiger partial charge in [-0.3, -0.25) is 4.21 Å². The van der Waals surface area contributed by atoms with E-state index in [0.29, 0.717) is 16.6 Å². The van der Waals surface area contributed by atoms with Crippen LogP contribution in [0.3, 0.4) is 0 Å². The second-order valence-corrected chi connectivity index (χ2v) is 5.62. The number of rotatable bonds is 4. The number of ether oxygens (including phenoxy) is 1. The van der Waals surface area contributed by atoms with E-state index >= 15 is 0 Å². The molecule has 1 aromatic carbocycles. The molecule has 1 atom stereocenters. The third-order valence-corrected chi connectivity index (χ3v) is 4.10. The minimum atomic E-state index is -1.24. The highest BCUT2D eigenvalue weighted by Gasteiger charge is 2.11. The van der Waals surface area contributed by atoms with E-state index in [-0.39, 0.29) is 0 Å². The van der Waals surface area contributed by atoms with E-state index in [2.05, 4.69) is 15.0 Å². The normalized spacial score (nSPS) is 12.4. The zero-order chi connectivity index (χ0) is 13.9. The molecule has 5 nitrogen and oxygen atoms in total. The van der Waals surface area contributed by atoms with Crippen molar-refractivity contribution in [1.29, 1.82) is 0 Å². The molecule has 1 unspecified atom stereocenters. The highest BCUT2D eigenvalue weighted by molar-refractivity contribution is 7.84. The summed E-state index contributed by atoms with van der Waals surface area (Å²) < 4.78 is 17.5. The summed E-state index contributed by atoms with van der Waals surface area (Å²) in [5, 5.41) is 0.446. The quantitative estimate of drug-likeness (QED) is 0.799. The summed E-state index contributed by atoms with van der Waals surface area (Å²) in [4.78, 5) is 11.4. The van der Waals surface area contributed by atoms with E-state index in [0.717, 1.165) is 16.8 Å². The Morgan fingerprint density at radius 3 is 3.00 bits per heavy atom. The van der Waals surface area contributed by atoms with Crippen molar-refractivity contribution < 1.29 is 8.95 Å². The van der Waals surface area contributed by atoms with Crippen molar-refractivity contribution in [2.24, 2.45) is 0 Å². The maximum absolute atomic E-state index is 12.3. The third kappa shape index (κ3) is 2.55. The topological polar surface area (TPSA) is 67.9 Å². The highest BCUT2D eigenvalue weighted by Crippen LogP contribution is 2.17. The van der Waals surface area contributed by atoms with Crippen molar-refractivity contribution >= 4 is 22.0 Å². The molecule has 0 saturated carbocycles. The van der Waals surface area contributed by atoms with Crippen LogP contribution in [0.4, 0.5) is 0 Å². The number of methoxy groups -OCH3 is 1. The van der Waals surface area contributed by atoms with Crippen LogP contribution in [0.15, 0.2) is 47.8 Å². The van der Waals surface area contributed by atoms with Crippen molar-refractivity contribution in [3.05, 3.63) is 48.2 Å².